The van der Waals surface area contributed by atoms with Gasteiger partial charge in [0.25, 0.3) is 0 Å². The van der Waals surface area contributed by atoms with Crippen molar-refractivity contribution >= 4 is 41.5 Å². The van der Waals surface area contributed by atoms with Crippen LogP contribution in [0.5, 0.6) is 0 Å². The van der Waals surface area contributed by atoms with Gasteiger partial charge in [-0.1, -0.05) is 79.8 Å². The summed E-state index contributed by atoms with van der Waals surface area (Å²) in [5.74, 6) is -4.66. The summed E-state index contributed by atoms with van der Waals surface area (Å²) in [6.07, 6.45) is 24.6. The van der Waals surface area contributed by atoms with Crippen LogP contribution in [-0.2, 0) is 24.0 Å². The Morgan fingerprint density at radius 1 is 0.822 bits per heavy atom. The van der Waals surface area contributed by atoms with Gasteiger partial charge in [0.05, 0.1) is 6.10 Å². The van der Waals surface area contributed by atoms with Gasteiger partial charge in [-0.3, -0.25) is 24.0 Å². The number of aliphatic hydroxyl groups is 1. The first-order valence-corrected chi connectivity index (χ1v) is 15.8. The van der Waals surface area contributed by atoms with Crippen molar-refractivity contribution in [2.45, 2.75) is 81.7 Å². The van der Waals surface area contributed by atoms with Crippen LogP contribution in [0.3, 0.4) is 0 Å². The molecule has 0 radical (unpaired) electrons. The van der Waals surface area contributed by atoms with Crippen molar-refractivity contribution in [1.82, 2.24) is 10.6 Å². The molecule has 2 amide bonds. The fourth-order valence-electron chi connectivity index (χ4n) is 3.41. The zero-order valence-corrected chi connectivity index (χ0v) is 26.4. The number of thioether (sulfide) groups is 1. The van der Waals surface area contributed by atoms with Crippen LogP contribution in [-0.4, -0.2) is 85.9 Å². The van der Waals surface area contributed by atoms with Gasteiger partial charge in [0.1, 0.15) is 18.6 Å². The molecule has 0 heterocycles. The summed E-state index contributed by atoms with van der Waals surface area (Å²) < 4.78 is 0. The first kappa shape index (κ1) is 41.1. The van der Waals surface area contributed by atoms with E-state index in [9.17, 15) is 29.1 Å². The average Bonchev–Trinajstić information content (AvgIpc) is 2.99. The molecule has 0 aromatic heterocycles. The molecule has 0 unspecified atom stereocenters. The number of hydrogen-bond acceptors (Lipinski definition) is 8. The summed E-state index contributed by atoms with van der Waals surface area (Å²) in [6, 6.07) is -2.38. The number of rotatable bonds is 25. The van der Waals surface area contributed by atoms with E-state index in [-0.39, 0.29) is 25.0 Å². The maximum atomic E-state index is 12.7. The maximum absolute atomic E-state index is 12.7. The molecule has 8 N–H and O–H groups in total. The number of carboxylic acid groups (broad SMARTS) is 3. The number of carboxylic acids is 3. The van der Waals surface area contributed by atoms with Gasteiger partial charge in [-0.25, -0.2) is 0 Å². The Bertz CT molecular complexity index is 1100. The minimum absolute atomic E-state index is 0.0104. The smallest absolute Gasteiger partial charge is 0.322 e. The Balaban J connectivity index is 5.27. The number of carbonyl (C=O) groups is 5. The van der Waals surface area contributed by atoms with Crippen LogP contribution in [0, 0.1) is 0 Å². The number of nitrogens with one attached hydrogen (secondary N) is 2. The van der Waals surface area contributed by atoms with Crippen molar-refractivity contribution in [2.75, 3.05) is 12.3 Å². The lowest BCUT2D eigenvalue weighted by Gasteiger charge is -2.23. The summed E-state index contributed by atoms with van der Waals surface area (Å²) in [5.41, 5.74) is 5.45. The lowest BCUT2D eigenvalue weighted by Crippen LogP contribution is -2.50. The third kappa shape index (κ3) is 24.1. The van der Waals surface area contributed by atoms with Crippen LogP contribution >= 0.6 is 11.8 Å². The van der Waals surface area contributed by atoms with Gasteiger partial charge < -0.3 is 36.8 Å². The van der Waals surface area contributed by atoms with Crippen LogP contribution in [0.1, 0.15) is 58.3 Å². The Morgan fingerprint density at radius 3 is 2.13 bits per heavy atom. The van der Waals surface area contributed by atoms with Gasteiger partial charge in [-0.2, -0.15) is 0 Å². The number of allylic oxidation sites excluding steroid dienone is 10. The molecule has 0 fully saturated rings. The summed E-state index contributed by atoms with van der Waals surface area (Å²) in [4.78, 5) is 57.4. The van der Waals surface area contributed by atoms with Crippen molar-refractivity contribution in [3.05, 3.63) is 72.9 Å². The van der Waals surface area contributed by atoms with Gasteiger partial charge in [0.2, 0.25) is 11.8 Å². The van der Waals surface area contributed by atoms with Gasteiger partial charge in [0.15, 0.2) is 0 Å². The lowest BCUT2D eigenvalue weighted by atomic mass is 10.1. The number of hydrogen-bond donors (Lipinski definition) is 7. The Morgan fingerprint density at radius 2 is 1.49 bits per heavy atom. The van der Waals surface area contributed by atoms with Gasteiger partial charge in [-0.05, 0) is 38.5 Å². The fourth-order valence-corrected chi connectivity index (χ4v) is 4.60. The van der Waals surface area contributed by atoms with E-state index in [1.54, 1.807) is 18.2 Å². The molecule has 0 saturated heterocycles. The Labute approximate surface area is 268 Å². The fraction of sp³-hybridized carbons (Fsp3) is 0.469. The molecule has 250 valence electrons. The van der Waals surface area contributed by atoms with Crippen molar-refractivity contribution in [3.63, 3.8) is 0 Å². The van der Waals surface area contributed by atoms with E-state index in [4.69, 9.17) is 21.1 Å². The molecule has 13 heteroatoms. The van der Waals surface area contributed by atoms with Crippen molar-refractivity contribution in [2.24, 2.45) is 5.73 Å². The Kier molecular flexibility index (Phi) is 24.1. The van der Waals surface area contributed by atoms with Crippen LogP contribution in [0.2, 0.25) is 0 Å². The summed E-state index contributed by atoms with van der Waals surface area (Å²) in [7, 11) is 0. The monoisotopic (exact) mass is 649 g/mol. The highest BCUT2D eigenvalue weighted by Gasteiger charge is 2.25. The van der Waals surface area contributed by atoms with Crippen LogP contribution < -0.4 is 16.4 Å². The van der Waals surface area contributed by atoms with Gasteiger partial charge in [-0.15, -0.1) is 11.8 Å². The number of amides is 2. The molecular weight excluding hydrogens is 602 g/mol. The second kappa shape index (κ2) is 26.5. The predicted molar refractivity (Wildman–Crippen MR) is 176 cm³/mol. The van der Waals surface area contributed by atoms with E-state index in [0.29, 0.717) is 12.8 Å². The second-order valence-electron chi connectivity index (χ2n) is 9.74. The molecule has 0 aliphatic rings. The number of nitrogens with two attached hydrogens (primary N) is 1. The Hall–Kier alpha value is -3.94. The number of carbonyl (C=O) groups excluding carboxylic acids is 2. The van der Waals surface area contributed by atoms with E-state index in [1.165, 1.54) is 11.8 Å². The third-order valence-corrected chi connectivity index (χ3v) is 7.23. The molecule has 0 spiro atoms. The second-order valence-corrected chi connectivity index (χ2v) is 11.0. The van der Waals surface area contributed by atoms with E-state index in [1.807, 2.05) is 61.6 Å². The highest BCUT2D eigenvalue weighted by Crippen LogP contribution is 2.21. The zero-order chi connectivity index (χ0) is 33.9. The molecule has 0 aromatic rings. The van der Waals surface area contributed by atoms with E-state index >= 15 is 0 Å². The molecule has 0 aliphatic carbocycles. The average molecular weight is 650 g/mol. The van der Waals surface area contributed by atoms with E-state index in [2.05, 4.69) is 10.6 Å². The standard InChI is InChI=1S/C32H47N3O9S/c1-2-3-14-17-26(36)27(18-15-12-10-8-6-4-5-7-9-11-13-16-19-29(38)39)45-23-25(31(42)34-22-30(40)41)35-28(37)21-20-24(33)32(43)44/h3,5-8,10-15,18,24-27,36H,2,4,9,16-17,19-23,33H2,1H3,(H,34,42)(H,35,37)(H,38,39)(H,40,41)(H,43,44)/t24-,25-,26-,27+/m0/s1. The molecule has 0 rings (SSSR count). The quantitative estimate of drug-likeness (QED) is 0.0563. The molecule has 45 heavy (non-hydrogen) atoms. The molecule has 0 aromatic carbocycles. The first-order chi connectivity index (χ1) is 21.5. The largest absolute Gasteiger partial charge is 0.481 e. The zero-order valence-electron chi connectivity index (χ0n) is 25.6. The van der Waals surface area contributed by atoms with Crippen molar-refractivity contribution < 1.29 is 44.4 Å². The topological polar surface area (TPSA) is 216 Å². The molecule has 4 atom stereocenters. The van der Waals surface area contributed by atoms with E-state index in [0.717, 1.165) is 19.3 Å². The summed E-state index contributed by atoms with van der Waals surface area (Å²) >= 11 is 1.21. The normalized spacial score (nSPS) is 14.9. The minimum atomic E-state index is -1.26. The van der Waals surface area contributed by atoms with Crippen LogP contribution in [0.15, 0.2) is 72.9 Å². The first-order valence-electron chi connectivity index (χ1n) is 14.7. The van der Waals surface area contributed by atoms with Crippen molar-refractivity contribution in [3.8, 4) is 0 Å². The summed E-state index contributed by atoms with van der Waals surface area (Å²) in [6.45, 7) is 1.32. The van der Waals surface area contributed by atoms with Crippen LogP contribution in [0.4, 0.5) is 0 Å². The van der Waals surface area contributed by atoms with Gasteiger partial charge in [0, 0.05) is 23.8 Å². The molecule has 12 nitrogen and oxygen atoms in total. The van der Waals surface area contributed by atoms with Crippen LogP contribution in [0.25, 0.3) is 0 Å². The third-order valence-electron chi connectivity index (χ3n) is 5.85. The number of aliphatic carboxylic acids is 3. The SMILES string of the molecule is CCC=CC[C@H](O)[C@@H](C=CC=CC=CCC=CCC=CCCC(=O)O)SC[C@H](NC(=O)CC[C@H](N)C(=O)O)C(=O)NCC(=O)O. The molecule has 0 saturated carbocycles. The lowest BCUT2D eigenvalue weighted by molar-refractivity contribution is -0.139. The molecule has 0 aliphatic heterocycles. The highest BCUT2D eigenvalue weighted by atomic mass is 32.2. The predicted octanol–water partition coefficient (Wildman–Crippen LogP) is 3.11. The van der Waals surface area contributed by atoms with E-state index < -0.39 is 59.7 Å². The number of aliphatic hydroxyl groups excluding tert-OH is 1. The minimum Gasteiger partial charge on any atom is -0.481 e. The molecule has 0 bridgehead atoms. The van der Waals surface area contributed by atoms with Crippen molar-refractivity contribution in [1.29, 1.82) is 0 Å². The summed E-state index contributed by atoms with van der Waals surface area (Å²) in [5, 5.41) is 41.6. The maximum Gasteiger partial charge on any atom is 0.322 e. The van der Waals surface area contributed by atoms with Gasteiger partial charge >= 0.3 is 17.9 Å². The molecular formula is C32H47N3O9S. The highest BCUT2D eigenvalue weighted by molar-refractivity contribution is 8.00.